The Morgan fingerprint density at radius 3 is 2.56 bits per heavy atom. The maximum atomic E-state index is 12.3. The largest absolute Gasteiger partial charge is 0.274 e. The topological polar surface area (TPSA) is 89.8 Å². The van der Waals surface area contributed by atoms with Crippen molar-refractivity contribution in [2.24, 2.45) is 17.8 Å². The van der Waals surface area contributed by atoms with Gasteiger partial charge in [-0.3, -0.25) is 14.7 Å². The first kappa shape index (κ1) is 11.0. The molecule has 0 bridgehead atoms. The fourth-order valence-corrected chi connectivity index (χ4v) is 3.03. The average molecular weight is 244 g/mol. The summed E-state index contributed by atoms with van der Waals surface area (Å²) in [6, 6.07) is 1.93. The molecular formula is C12H12N4O2. The van der Waals surface area contributed by atoms with E-state index in [9.17, 15) is 9.59 Å². The molecule has 6 nitrogen and oxygen atoms in total. The fraction of sp³-hybridized carbons (Fsp3) is 0.500. The minimum atomic E-state index is -0.220. The Morgan fingerprint density at radius 2 is 2.00 bits per heavy atom. The number of amides is 2. The second kappa shape index (κ2) is 3.67. The lowest BCUT2D eigenvalue weighted by atomic mass is 10.00. The number of nitrogens with zero attached hydrogens (tertiary/aromatic N) is 3. The Hall–Kier alpha value is -2.16. The van der Waals surface area contributed by atoms with E-state index in [2.05, 4.69) is 17.1 Å². The van der Waals surface area contributed by atoms with Crippen LogP contribution in [-0.4, -0.2) is 22.0 Å². The Balaban J connectivity index is 1.99. The number of aromatic nitrogens is 2. The number of fused-ring (bicyclic) bond motifs is 1. The van der Waals surface area contributed by atoms with Gasteiger partial charge in [-0.25, -0.2) is 4.90 Å². The number of H-pyrrole nitrogens is 1. The standard InChI is InChI=1S/C12H12N4O2/c1-6-2-8-9(3-6)12(18)16(11(8)17)10-7(4-13)5-14-15-10/h5-6,8-9H,2-3H2,1H3,(H,14,15). The van der Waals surface area contributed by atoms with Crippen LogP contribution in [0.4, 0.5) is 5.82 Å². The van der Waals surface area contributed by atoms with Crippen LogP contribution in [0.5, 0.6) is 0 Å². The molecule has 0 aromatic carbocycles. The van der Waals surface area contributed by atoms with Gasteiger partial charge < -0.3 is 0 Å². The first-order valence-electron chi connectivity index (χ1n) is 5.94. The van der Waals surface area contributed by atoms with E-state index in [1.165, 1.54) is 6.20 Å². The van der Waals surface area contributed by atoms with Gasteiger partial charge >= 0.3 is 0 Å². The van der Waals surface area contributed by atoms with Crippen molar-refractivity contribution in [3.05, 3.63) is 11.8 Å². The molecule has 1 N–H and O–H groups in total. The molecule has 2 fully saturated rings. The second-order valence-corrected chi connectivity index (χ2v) is 5.05. The zero-order valence-electron chi connectivity index (χ0n) is 9.88. The van der Waals surface area contributed by atoms with Crippen LogP contribution >= 0.6 is 0 Å². The highest BCUT2D eigenvalue weighted by Crippen LogP contribution is 2.44. The van der Waals surface area contributed by atoms with Crippen molar-refractivity contribution >= 4 is 17.6 Å². The monoisotopic (exact) mass is 244 g/mol. The predicted molar refractivity (Wildman–Crippen MR) is 61.2 cm³/mol. The average Bonchev–Trinajstić information content (AvgIpc) is 2.99. The molecule has 2 unspecified atom stereocenters. The third kappa shape index (κ3) is 1.30. The zero-order valence-corrected chi connectivity index (χ0v) is 9.88. The Morgan fingerprint density at radius 1 is 1.39 bits per heavy atom. The van der Waals surface area contributed by atoms with Crippen molar-refractivity contribution in [3.8, 4) is 6.07 Å². The van der Waals surface area contributed by atoms with Gasteiger partial charge in [0.25, 0.3) is 0 Å². The van der Waals surface area contributed by atoms with E-state index in [4.69, 9.17) is 5.26 Å². The van der Waals surface area contributed by atoms with Gasteiger partial charge in [-0.15, -0.1) is 0 Å². The second-order valence-electron chi connectivity index (χ2n) is 5.05. The molecule has 1 aliphatic carbocycles. The molecule has 0 spiro atoms. The van der Waals surface area contributed by atoms with Crippen LogP contribution in [0.15, 0.2) is 6.20 Å². The van der Waals surface area contributed by atoms with Gasteiger partial charge in [0.05, 0.1) is 18.0 Å². The predicted octanol–water partition coefficient (Wildman–Crippen LogP) is 0.817. The highest BCUT2D eigenvalue weighted by molar-refractivity contribution is 6.22. The summed E-state index contributed by atoms with van der Waals surface area (Å²) in [5.74, 6) is -0.211. The van der Waals surface area contributed by atoms with Crippen molar-refractivity contribution in [1.82, 2.24) is 10.2 Å². The molecule has 6 heteroatoms. The molecule has 1 aromatic rings. The van der Waals surface area contributed by atoms with Crippen LogP contribution in [0.2, 0.25) is 0 Å². The number of nitrogens with one attached hydrogen (secondary N) is 1. The van der Waals surface area contributed by atoms with E-state index in [0.29, 0.717) is 5.92 Å². The van der Waals surface area contributed by atoms with E-state index in [-0.39, 0.29) is 35.0 Å². The van der Waals surface area contributed by atoms with Crippen LogP contribution in [0.25, 0.3) is 0 Å². The summed E-state index contributed by atoms with van der Waals surface area (Å²) in [5, 5.41) is 15.2. The quantitative estimate of drug-likeness (QED) is 0.740. The third-order valence-electron chi connectivity index (χ3n) is 3.84. The van der Waals surface area contributed by atoms with E-state index in [1.807, 2.05) is 6.07 Å². The van der Waals surface area contributed by atoms with E-state index in [0.717, 1.165) is 17.7 Å². The lowest BCUT2D eigenvalue weighted by Crippen LogP contribution is -2.33. The lowest BCUT2D eigenvalue weighted by molar-refractivity contribution is -0.123. The number of hydrogen-bond donors (Lipinski definition) is 1. The van der Waals surface area contributed by atoms with Crippen LogP contribution in [0.1, 0.15) is 25.3 Å². The zero-order chi connectivity index (χ0) is 12.9. The van der Waals surface area contributed by atoms with Gasteiger partial charge in [0.2, 0.25) is 11.8 Å². The first-order valence-corrected chi connectivity index (χ1v) is 5.94. The number of carbonyl (C=O) groups excluding carboxylic acids is 2. The van der Waals surface area contributed by atoms with Gasteiger partial charge in [-0.05, 0) is 18.8 Å². The molecule has 1 aromatic heterocycles. The van der Waals surface area contributed by atoms with Crippen molar-refractivity contribution in [2.75, 3.05) is 4.90 Å². The minimum absolute atomic E-state index is 0.199. The lowest BCUT2D eigenvalue weighted by Gasteiger charge is -2.14. The number of anilines is 1. The Bertz CT molecular complexity index is 547. The number of imide groups is 1. The molecule has 92 valence electrons. The summed E-state index contributed by atoms with van der Waals surface area (Å²) in [7, 11) is 0. The third-order valence-corrected chi connectivity index (χ3v) is 3.84. The number of carbonyl (C=O) groups is 2. The number of nitriles is 1. The molecule has 2 heterocycles. The van der Waals surface area contributed by atoms with Crippen molar-refractivity contribution in [3.63, 3.8) is 0 Å². The first-order chi connectivity index (χ1) is 8.63. The van der Waals surface area contributed by atoms with Gasteiger partial charge in [-0.2, -0.15) is 10.4 Å². The smallest absolute Gasteiger partial charge is 0.238 e. The number of hydrogen-bond acceptors (Lipinski definition) is 4. The molecule has 2 aliphatic rings. The summed E-state index contributed by atoms with van der Waals surface area (Å²) in [6.07, 6.45) is 2.83. The summed E-state index contributed by atoms with van der Waals surface area (Å²) in [4.78, 5) is 25.6. The summed E-state index contributed by atoms with van der Waals surface area (Å²) in [5.41, 5.74) is 0.227. The highest BCUT2D eigenvalue weighted by Gasteiger charge is 2.53. The minimum Gasteiger partial charge on any atom is -0.274 e. The van der Waals surface area contributed by atoms with Crippen LogP contribution < -0.4 is 4.90 Å². The molecule has 1 aliphatic heterocycles. The van der Waals surface area contributed by atoms with Crippen LogP contribution in [0, 0.1) is 29.1 Å². The van der Waals surface area contributed by atoms with Crippen molar-refractivity contribution < 1.29 is 9.59 Å². The van der Waals surface area contributed by atoms with Gasteiger partial charge in [0, 0.05) is 0 Å². The number of aromatic amines is 1. The summed E-state index contributed by atoms with van der Waals surface area (Å²) < 4.78 is 0. The molecule has 2 amide bonds. The molecule has 1 saturated heterocycles. The van der Waals surface area contributed by atoms with Gasteiger partial charge in [-0.1, -0.05) is 6.92 Å². The van der Waals surface area contributed by atoms with E-state index >= 15 is 0 Å². The molecule has 2 atom stereocenters. The molecule has 0 radical (unpaired) electrons. The molecule has 3 rings (SSSR count). The Labute approximate surface area is 104 Å². The van der Waals surface area contributed by atoms with Crippen molar-refractivity contribution in [1.29, 1.82) is 5.26 Å². The summed E-state index contributed by atoms with van der Waals surface area (Å²) in [6.45, 7) is 2.06. The van der Waals surface area contributed by atoms with Gasteiger partial charge in [0.1, 0.15) is 11.6 Å². The van der Waals surface area contributed by atoms with Gasteiger partial charge in [0.15, 0.2) is 5.82 Å². The maximum absolute atomic E-state index is 12.3. The fourth-order valence-electron chi connectivity index (χ4n) is 3.03. The van der Waals surface area contributed by atoms with E-state index < -0.39 is 0 Å². The highest BCUT2D eigenvalue weighted by atomic mass is 16.2. The molecule has 1 saturated carbocycles. The maximum Gasteiger partial charge on any atom is 0.238 e. The summed E-state index contributed by atoms with van der Waals surface area (Å²) >= 11 is 0. The van der Waals surface area contributed by atoms with E-state index in [1.54, 1.807) is 0 Å². The van der Waals surface area contributed by atoms with Crippen LogP contribution in [-0.2, 0) is 9.59 Å². The molecular weight excluding hydrogens is 232 g/mol. The number of rotatable bonds is 1. The van der Waals surface area contributed by atoms with Crippen LogP contribution in [0.3, 0.4) is 0 Å². The molecule has 18 heavy (non-hydrogen) atoms. The SMILES string of the molecule is CC1CC2C(=O)N(c3[nH]ncc3C#N)C(=O)C2C1. The normalized spacial score (nSPS) is 30.7. The Kier molecular flexibility index (Phi) is 2.23. The van der Waals surface area contributed by atoms with Crippen molar-refractivity contribution in [2.45, 2.75) is 19.8 Å².